The average Bonchev–Trinajstić information content (AvgIpc) is 2.48. The molecule has 0 spiro atoms. The minimum atomic E-state index is -0.0551. The largest absolute Gasteiger partial charge is 0.349 e. The fourth-order valence-electron chi connectivity index (χ4n) is 2.19. The van der Waals surface area contributed by atoms with Crippen LogP contribution in [0.2, 0.25) is 0 Å². The SMILES string of the molecule is CC(=O)C1CC2OCOC2CC1N. The predicted molar refractivity (Wildman–Crippen MR) is 46.0 cm³/mol. The van der Waals surface area contributed by atoms with E-state index < -0.39 is 0 Å². The van der Waals surface area contributed by atoms with Gasteiger partial charge in [0, 0.05) is 12.0 Å². The van der Waals surface area contributed by atoms with E-state index in [9.17, 15) is 4.79 Å². The first-order valence-corrected chi connectivity index (χ1v) is 4.67. The van der Waals surface area contributed by atoms with E-state index in [0.717, 1.165) is 12.8 Å². The molecule has 2 N–H and O–H groups in total. The van der Waals surface area contributed by atoms with Crippen LogP contribution in [0.3, 0.4) is 0 Å². The summed E-state index contributed by atoms with van der Waals surface area (Å²) in [5.74, 6) is 0.129. The van der Waals surface area contributed by atoms with Crippen molar-refractivity contribution in [2.24, 2.45) is 11.7 Å². The summed E-state index contributed by atoms with van der Waals surface area (Å²) in [5.41, 5.74) is 5.88. The van der Waals surface area contributed by atoms with Gasteiger partial charge in [0.2, 0.25) is 0 Å². The maximum atomic E-state index is 11.2. The summed E-state index contributed by atoms with van der Waals surface area (Å²) in [6, 6.07) is -0.0551. The van der Waals surface area contributed by atoms with Crippen LogP contribution in [0.1, 0.15) is 19.8 Å². The number of hydrogen-bond acceptors (Lipinski definition) is 4. The van der Waals surface area contributed by atoms with Gasteiger partial charge >= 0.3 is 0 Å². The quantitative estimate of drug-likeness (QED) is 0.627. The van der Waals surface area contributed by atoms with Crippen molar-refractivity contribution in [2.75, 3.05) is 6.79 Å². The second-order valence-electron chi connectivity index (χ2n) is 3.88. The number of Topliss-reactive ketones (excluding diaryl/α,β-unsaturated/α-hetero) is 1. The van der Waals surface area contributed by atoms with E-state index >= 15 is 0 Å². The molecule has 1 saturated carbocycles. The van der Waals surface area contributed by atoms with Crippen LogP contribution in [0.25, 0.3) is 0 Å². The Bertz CT molecular complexity index is 219. The van der Waals surface area contributed by atoms with Crippen LogP contribution in [0.15, 0.2) is 0 Å². The van der Waals surface area contributed by atoms with Gasteiger partial charge in [0.15, 0.2) is 0 Å². The smallest absolute Gasteiger partial charge is 0.147 e. The topological polar surface area (TPSA) is 61.5 Å². The summed E-state index contributed by atoms with van der Waals surface area (Å²) in [7, 11) is 0. The Balaban J connectivity index is 2.05. The number of ketones is 1. The highest BCUT2D eigenvalue weighted by Crippen LogP contribution is 2.31. The van der Waals surface area contributed by atoms with Gasteiger partial charge in [0.05, 0.1) is 12.2 Å². The molecule has 0 aromatic heterocycles. The molecule has 1 aliphatic carbocycles. The summed E-state index contributed by atoms with van der Waals surface area (Å²) in [6.07, 6.45) is 1.68. The Morgan fingerprint density at radius 3 is 2.54 bits per heavy atom. The average molecular weight is 185 g/mol. The second kappa shape index (κ2) is 3.36. The van der Waals surface area contributed by atoms with Crippen LogP contribution in [0.4, 0.5) is 0 Å². The Labute approximate surface area is 77.4 Å². The zero-order valence-electron chi connectivity index (χ0n) is 7.73. The highest BCUT2D eigenvalue weighted by molar-refractivity contribution is 5.79. The van der Waals surface area contributed by atoms with E-state index in [0.29, 0.717) is 6.79 Å². The highest BCUT2D eigenvalue weighted by Gasteiger charge is 2.41. The highest BCUT2D eigenvalue weighted by atomic mass is 16.7. The van der Waals surface area contributed by atoms with E-state index in [2.05, 4.69) is 0 Å². The van der Waals surface area contributed by atoms with Gasteiger partial charge < -0.3 is 15.2 Å². The van der Waals surface area contributed by atoms with E-state index in [1.165, 1.54) is 0 Å². The van der Waals surface area contributed by atoms with Crippen molar-refractivity contribution in [3.05, 3.63) is 0 Å². The van der Waals surface area contributed by atoms with Crippen LogP contribution in [0, 0.1) is 5.92 Å². The first kappa shape index (κ1) is 9.12. The normalized spacial score (nSPS) is 44.5. The second-order valence-corrected chi connectivity index (χ2v) is 3.88. The van der Waals surface area contributed by atoms with Crippen molar-refractivity contribution < 1.29 is 14.3 Å². The molecule has 0 aromatic rings. The van der Waals surface area contributed by atoms with E-state index in [1.54, 1.807) is 6.92 Å². The van der Waals surface area contributed by atoms with Gasteiger partial charge in [-0.05, 0) is 19.8 Å². The molecule has 74 valence electrons. The Morgan fingerprint density at radius 1 is 1.31 bits per heavy atom. The predicted octanol–water partition coefficient (Wildman–Crippen LogP) is 0.0542. The third-order valence-corrected chi connectivity index (χ3v) is 3.01. The maximum absolute atomic E-state index is 11.2. The van der Waals surface area contributed by atoms with E-state index in [1.807, 2.05) is 0 Å². The standard InChI is InChI=1S/C9H15NO3/c1-5(11)6-2-8-9(3-7(6)10)13-4-12-8/h6-9H,2-4,10H2,1H3. The molecule has 0 bridgehead atoms. The molecule has 4 heteroatoms. The molecule has 4 nitrogen and oxygen atoms in total. The molecular weight excluding hydrogens is 170 g/mol. The van der Waals surface area contributed by atoms with Gasteiger partial charge in [-0.2, -0.15) is 0 Å². The first-order valence-electron chi connectivity index (χ1n) is 4.67. The lowest BCUT2D eigenvalue weighted by Gasteiger charge is -2.33. The maximum Gasteiger partial charge on any atom is 0.147 e. The Kier molecular flexibility index (Phi) is 2.36. The van der Waals surface area contributed by atoms with Crippen LogP contribution in [-0.2, 0) is 14.3 Å². The first-order chi connectivity index (χ1) is 6.18. The molecule has 2 aliphatic rings. The Morgan fingerprint density at radius 2 is 1.92 bits per heavy atom. The lowest BCUT2D eigenvalue weighted by molar-refractivity contribution is -0.123. The number of carbonyl (C=O) groups is 1. The van der Waals surface area contributed by atoms with Gasteiger partial charge in [-0.1, -0.05) is 0 Å². The number of hydrogen-bond donors (Lipinski definition) is 1. The molecule has 13 heavy (non-hydrogen) atoms. The number of rotatable bonds is 1. The lowest BCUT2D eigenvalue weighted by Crippen LogP contribution is -2.47. The molecule has 0 aromatic carbocycles. The van der Waals surface area contributed by atoms with Crippen molar-refractivity contribution in [1.29, 1.82) is 0 Å². The number of ether oxygens (including phenoxy) is 2. The molecule has 1 saturated heterocycles. The summed E-state index contributed by atoms with van der Waals surface area (Å²) in [6.45, 7) is 1.95. The third kappa shape index (κ3) is 1.61. The minimum Gasteiger partial charge on any atom is -0.349 e. The van der Waals surface area contributed by atoms with Crippen molar-refractivity contribution >= 4 is 5.78 Å². The third-order valence-electron chi connectivity index (χ3n) is 3.01. The summed E-state index contributed by atoms with van der Waals surface area (Å²) >= 11 is 0. The summed E-state index contributed by atoms with van der Waals surface area (Å²) < 4.78 is 10.7. The molecule has 4 atom stereocenters. The zero-order chi connectivity index (χ0) is 9.42. The fraction of sp³-hybridized carbons (Fsp3) is 0.889. The van der Waals surface area contributed by atoms with Crippen LogP contribution in [-0.4, -0.2) is 30.8 Å². The molecule has 2 rings (SSSR count). The molecule has 1 aliphatic heterocycles. The molecule has 2 fully saturated rings. The van der Waals surface area contributed by atoms with Gasteiger partial charge in [-0.3, -0.25) is 4.79 Å². The molecule has 0 amide bonds. The Hall–Kier alpha value is -0.450. The van der Waals surface area contributed by atoms with Crippen LogP contribution >= 0.6 is 0 Å². The van der Waals surface area contributed by atoms with Gasteiger partial charge in [0.25, 0.3) is 0 Å². The van der Waals surface area contributed by atoms with Crippen molar-refractivity contribution in [3.63, 3.8) is 0 Å². The van der Waals surface area contributed by atoms with Gasteiger partial charge in [-0.25, -0.2) is 0 Å². The molecule has 0 radical (unpaired) electrons. The van der Waals surface area contributed by atoms with E-state index in [-0.39, 0.29) is 30.0 Å². The molecule has 4 unspecified atom stereocenters. The van der Waals surface area contributed by atoms with Crippen LogP contribution in [0.5, 0.6) is 0 Å². The monoisotopic (exact) mass is 185 g/mol. The fourth-order valence-corrected chi connectivity index (χ4v) is 2.19. The van der Waals surface area contributed by atoms with E-state index in [4.69, 9.17) is 15.2 Å². The van der Waals surface area contributed by atoms with Crippen molar-refractivity contribution in [3.8, 4) is 0 Å². The number of nitrogens with two attached hydrogens (primary N) is 1. The lowest BCUT2D eigenvalue weighted by atomic mass is 9.80. The van der Waals surface area contributed by atoms with Gasteiger partial charge in [0.1, 0.15) is 12.6 Å². The summed E-state index contributed by atoms with van der Waals surface area (Å²) in [4.78, 5) is 11.2. The number of fused-ring (bicyclic) bond motifs is 1. The number of carbonyl (C=O) groups excluding carboxylic acids is 1. The minimum absolute atomic E-state index is 0.0389. The van der Waals surface area contributed by atoms with Gasteiger partial charge in [-0.15, -0.1) is 0 Å². The summed E-state index contributed by atoms with van der Waals surface area (Å²) in [5, 5.41) is 0. The van der Waals surface area contributed by atoms with Crippen molar-refractivity contribution in [1.82, 2.24) is 0 Å². The zero-order valence-corrected chi connectivity index (χ0v) is 7.73. The molecular formula is C9H15NO3. The molecule has 1 heterocycles. The van der Waals surface area contributed by atoms with Crippen LogP contribution < -0.4 is 5.73 Å². The van der Waals surface area contributed by atoms with Crippen molar-refractivity contribution in [2.45, 2.75) is 38.0 Å².